The van der Waals surface area contributed by atoms with Crippen molar-refractivity contribution in [3.05, 3.63) is 30.1 Å². The molecule has 1 saturated heterocycles. The highest BCUT2D eigenvalue weighted by atomic mass is 19.1. The van der Waals surface area contributed by atoms with Gasteiger partial charge in [0.05, 0.1) is 0 Å². The maximum absolute atomic E-state index is 12.7. The van der Waals surface area contributed by atoms with Crippen molar-refractivity contribution in [2.45, 2.75) is 25.3 Å². The number of benzene rings is 1. The first-order chi connectivity index (χ1) is 9.43. The summed E-state index contributed by atoms with van der Waals surface area (Å²) >= 11 is 0. The molecule has 1 N–H and O–H groups in total. The lowest BCUT2D eigenvalue weighted by Gasteiger charge is -2.31. The van der Waals surface area contributed by atoms with E-state index < -0.39 is 11.5 Å². The summed E-state index contributed by atoms with van der Waals surface area (Å²) in [4.78, 5) is 24.7. The molecule has 6 heteroatoms. The summed E-state index contributed by atoms with van der Waals surface area (Å²) in [6.45, 7) is 1.70. The van der Waals surface area contributed by atoms with Crippen LogP contribution in [0.5, 0.6) is 5.75 Å². The van der Waals surface area contributed by atoms with Gasteiger partial charge in [-0.15, -0.1) is 0 Å². The minimum Gasteiger partial charge on any atom is -0.484 e. The van der Waals surface area contributed by atoms with Crippen molar-refractivity contribution in [1.29, 1.82) is 0 Å². The summed E-state index contributed by atoms with van der Waals surface area (Å²) in [5.41, 5.74) is -1.16. The quantitative estimate of drug-likeness (QED) is 0.911. The van der Waals surface area contributed by atoms with Gasteiger partial charge in [0.15, 0.2) is 6.61 Å². The summed E-state index contributed by atoms with van der Waals surface area (Å²) in [6.07, 6.45) is 1.09. The van der Waals surface area contributed by atoms with E-state index in [-0.39, 0.29) is 18.3 Å². The fourth-order valence-corrected chi connectivity index (χ4v) is 2.34. The zero-order valence-electron chi connectivity index (χ0n) is 11.1. The van der Waals surface area contributed by atoms with Crippen LogP contribution in [0.1, 0.15) is 19.8 Å². The molecule has 1 unspecified atom stereocenters. The molecule has 0 aliphatic carbocycles. The van der Waals surface area contributed by atoms with E-state index in [0.717, 1.165) is 0 Å². The van der Waals surface area contributed by atoms with E-state index >= 15 is 0 Å². The molecule has 1 aromatic carbocycles. The van der Waals surface area contributed by atoms with Gasteiger partial charge in [0.2, 0.25) is 0 Å². The normalized spacial score (nSPS) is 21.8. The first-order valence-electron chi connectivity index (χ1n) is 6.36. The number of aliphatic carboxylic acids is 1. The Balaban J connectivity index is 1.98. The van der Waals surface area contributed by atoms with Crippen molar-refractivity contribution in [3.63, 3.8) is 0 Å². The van der Waals surface area contributed by atoms with Gasteiger partial charge in [0.25, 0.3) is 5.91 Å². The number of ether oxygens (including phenoxy) is 1. The molecule has 0 bridgehead atoms. The third kappa shape index (κ3) is 2.74. The second-order valence-electron chi connectivity index (χ2n) is 4.97. The van der Waals surface area contributed by atoms with Crippen LogP contribution in [-0.4, -0.2) is 40.6 Å². The number of likely N-dealkylation sites (tertiary alicyclic amines) is 1. The van der Waals surface area contributed by atoms with Crippen LogP contribution in [0.2, 0.25) is 0 Å². The Morgan fingerprint density at radius 1 is 1.40 bits per heavy atom. The van der Waals surface area contributed by atoms with E-state index in [4.69, 9.17) is 4.74 Å². The van der Waals surface area contributed by atoms with Crippen LogP contribution < -0.4 is 4.74 Å². The molecule has 108 valence electrons. The number of carboxylic acid groups (broad SMARTS) is 1. The van der Waals surface area contributed by atoms with Gasteiger partial charge in [-0.2, -0.15) is 0 Å². The predicted octanol–water partition coefficient (Wildman–Crippen LogP) is 1.67. The molecule has 0 radical (unpaired) electrons. The molecule has 1 heterocycles. The first kappa shape index (κ1) is 14.3. The minimum absolute atomic E-state index is 0.255. The summed E-state index contributed by atoms with van der Waals surface area (Å²) in [5, 5.41) is 9.23. The molecule has 2 rings (SSSR count). The molecular formula is C14H16FNO4. The van der Waals surface area contributed by atoms with Crippen molar-refractivity contribution in [2.24, 2.45) is 0 Å². The van der Waals surface area contributed by atoms with Gasteiger partial charge in [-0.1, -0.05) is 0 Å². The van der Waals surface area contributed by atoms with Gasteiger partial charge in [-0.05, 0) is 44.0 Å². The van der Waals surface area contributed by atoms with Crippen LogP contribution in [0.15, 0.2) is 24.3 Å². The highest BCUT2D eigenvalue weighted by molar-refractivity contribution is 5.88. The molecule has 5 nitrogen and oxygen atoms in total. The van der Waals surface area contributed by atoms with Crippen molar-refractivity contribution in [1.82, 2.24) is 4.90 Å². The van der Waals surface area contributed by atoms with E-state index in [0.29, 0.717) is 25.1 Å². The Labute approximate surface area is 116 Å². The number of carbonyl (C=O) groups excluding carboxylic acids is 1. The van der Waals surface area contributed by atoms with Crippen LogP contribution in [0.4, 0.5) is 4.39 Å². The summed E-state index contributed by atoms with van der Waals surface area (Å²) in [7, 11) is 0. The van der Waals surface area contributed by atoms with E-state index in [9.17, 15) is 19.1 Å². The van der Waals surface area contributed by atoms with Gasteiger partial charge in [-0.3, -0.25) is 4.79 Å². The number of carboxylic acids is 1. The van der Waals surface area contributed by atoms with Crippen molar-refractivity contribution in [3.8, 4) is 5.75 Å². The molecule has 1 amide bonds. The van der Waals surface area contributed by atoms with Gasteiger partial charge >= 0.3 is 5.97 Å². The Bertz CT molecular complexity index is 516. The van der Waals surface area contributed by atoms with E-state index in [1.54, 1.807) is 0 Å². The average Bonchev–Trinajstić information content (AvgIpc) is 2.81. The topological polar surface area (TPSA) is 66.8 Å². The molecule has 1 fully saturated rings. The molecule has 0 saturated carbocycles. The second-order valence-corrected chi connectivity index (χ2v) is 4.97. The Morgan fingerprint density at radius 3 is 2.65 bits per heavy atom. The Morgan fingerprint density at radius 2 is 2.05 bits per heavy atom. The molecule has 1 aliphatic heterocycles. The van der Waals surface area contributed by atoms with E-state index in [2.05, 4.69) is 0 Å². The van der Waals surface area contributed by atoms with Crippen LogP contribution in [0, 0.1) is 5.82 Å². The lowest BCUT2D eigenvalue weighted by molar-refractivity contribution is -0.156. The highest BCUT2D eigenvalue weighted by Crippen LogP contribution is 2.29. The SMILES string of the molecule is CC1(C(=O)O)CCCN1C(=O)COc1ccc(F)cc1. The van der Waals surface area contributed by atoms with Crippen molar-refractivity contribution < 1.29 is 23.8 Å². The van der Waals surface area contributed by atoms with Gasteiger partial charge in [0.1, 0.15) is 17.1 Å². The smallest absolute Gasteiger partial charge is 0.329 e. The van der Waals surface area contributed by atoms with Crippen LogP contribution in [0.25, 0.3) is 0 Å². The second kappa shape index (κ2) is 5.48. The number of hydrogen-bond donors (Lipinski definition) is 1. The zero-order chi connectivity index (χ0) is 14.8. The summed E-state index contributed by atoms with van der Waals surface area (Å²) < 4.78 is 18.0. The lowest BCUT2D eigenvalue weighted by atomic mass is 9.99. The van der Waals surface area contributed by atoms with Crippen LogP contribution in [-0.2, 0) is 9.59 Å². The largest absolute Gasteiger partial charge is 0.484 e. The summed E-state index contributed by atoms with van der Waals surface area (Å²) in [6, 6.07) is 5.31. The molecular weight excluding hydrogens is 265 g/mol. The van der Waals surface area contributed by atoms with Crippen molar-refractivity contribution >= 4 is 11.9 Å². The molecule has 0 aromatic heterocycles. The molecule has 0 spiro atoms. The third-order valence-electron chi connectivity index (χ3n) is 3.58. The maximum Gasteiger partial charge on any atom is 0.329 e. The number of nitrogens with zero attached hydrogens (tertiary/aromatic N) is 1. The van der Waals surface area contributed by atoms with Gasteiger partial charge < -0.3 is 14.7 Å². The first-order valence-corrected chi connectivity index (χ1v) is 6.36. The Kier molecular flexibility index (Phi) is 3.92. The predicted molar refractivity (Wildman–Crippen MR) is 68.9 cm³/mol. The van der Waals surface area contributed by atoms with Crippen LogP contribution in [0.3, 0.4) is 0 Å². The number of hydrogen-bond acceptors (Lipinski definition) is 3. The lowest BCUT2D eigenvalue weighted by Crippen LogP contribution is -2.52. The summed E-state index contributed by atoms with van der Waals surface area (Å²) in [5.74, 6) is -1.40. The molecule has 1 atom stereocenters. The Hall–Kier alpha value is -2.11. The van der Waals surface area contributed by atoms with Crippen LogP contribution >= 0.6 is 0 Å². The number of carbonyl (C=O) groups is 2. The molecule has 20 heavy (non-hydrogen) atoms. The average molecular weight is 281 g/mol. The maximum atomic E-state index is 12.7. The zero-order valence-corrected chi connectivity index (χ0v) is 11.1. The fraction of sp³-hybridized carbons (Fsp3) is 0.429. The fourth-order valence-electron chi connectivity index (χ4n) is 2.34. The van der Waals surface area contributed by atoms with Gasteiger partial charge in [-0.25, -0.2) is 9.18 Å². The number of rotatable bonds is 4. The third-order valence-corrected chi connectivity index (χ3v) is 3.58. The van der Waals surface area contributed by atoms with E-state index in [1.165, 1.54) is 36.1 Å². The highest BCUT2D eigenvalue weighted by Gasteiger charge is 2.45. The van der Waals surface area contributed by atoms with Gasteiger partial charge in [0, 0.05) is 6.54 Å². The number of amides is 1. The molecule has 1 aromatic rings. The molecule has 1 aliphatic rings. The van der Waals surface area contributed by atoms with E-state index in [1.807, 2.05) is 0 Å². The monoisotopic (exact) mass is 281 g/mol. The number of halogens is 1. The van der Waals surface area contributed by atoms with Crippen molar-refractivity contribution in [2.75, 3.05) is 13.2 Å². The minimum atomic E-state index is -1.16. The standard InChI is InChI=1S/C14H16FNO4/c1-14(13(18)19)7-2-8-16(14)12(17)9-20-11-5-3-10(15)4-6-11/h3-6H,2,7-9H2,1H3,(H,18,19).